The molecule has 4 fully saturated rings. The first kappa shape index (κ1) is 21.6. The van der Waals surface area contributed by atoms with Crippen molar-refractivity contribution >= 4 is 0 Å². The average Bonchev–Trinajstić information content (AvgIpc) is 3.01. The number of hydrogen-bond acceptors (Lipinski definition) is 3. The van der Waals surface area contributed by atoms with Crippen LogP contribution in [0.25, 0.3) is 0 Å². The van der Waals surface area contributed by atoms with Crippen molar-refractivity contribution < 1.29 is 10.2 Å². The van der Waals surface area contributed by atoms with Crippen molar-refractivity contribution in [3.8, 4) is 6.07 Å². The molecule has 0 bridgehead atoms. The van der Waals surface area contributed by atoms with Crippen LogP contribution in [0.1, 0.15) is 98.3 Å². The van der Waals surface area contributed by atoms with Crippen molar-refractivity contribution in [3.63, 3.8) is 0 Å². The molecule has 164 valence electrons. The number of fused-ring (bicyclic) bond motifs is 5. The standard InChI is InChI=1S/C26H43NO2/c1-5-11-26(29)16-19-21-7-6-20(17(2)10-14-27)24(21,3)13-9-22(19)25(4)12-8-18(28)15-23(25)26/h17-23,28-29H,5-13,15-16H2,1-4H3/t17-,18-,19+,20-,21+,22+,23+,24-,25-,26-/m1/s1. The second-order valence-corrected chi connectivity index (χ2v) is 12.0. The van der Waals surface area contributed by atoms with E-state index in [1.54, 1.807) is 0 Å². The Morgan fingerprint density at radius 3 is 2.45 bits per heavy atom. The van der Waals surface area contributed by atoms with E-state index in [0.717, 1.165) is 38.5 Å². The Kier molecular flexibility index (Phi) is 5.61. The molecule has 2 N–H and O–H groups in total. The summed E-state index contributed by atoms with van der Waals surface area (Å²) >= 11 is 0. The predicted molar refractivity (Wildman–Crippen MR) is 116 cm³/mol. The number of nitrogens with zero attached hydrogens (tertiary/aromatic N) is 1. The zero-order valence-electron chi connectivity index (χ0n) is 19.2. The summed E-state index contributed by atoms with van der Waals surface area (Å²) in [4.78, 5) is 0. The van der Waals surface area contributed by atoms with E-state index in [0.29, 0.717) is 41.4 Å². The van der Waals surface area contributed by atoms with Crippen LogP contribution in [0, 0.1) is 57.7 Å². The Balaban J connectivity index is 1.68. The molecule has 0 saturated heterocycles. The van der Waals surface area contributed by atoms with E-state index in [4.69, 9.17) is 0 Å². The van der Waals surface area contributed by atoms with Crippen LogP contribution in [0.2, 0.25) is 0 Å². The Morgan fingerprint density at radius 1 is 1.07 bits per heavy atom. The van der Waals surface area contributed by atoms with Crippen molar-refractivity contribution in [1.29, 1.82) is 5.26 Å². The fourth-order valence-electron chi connectivity index (χ4n) is 9.50. The highest BCUT2D eigenvalue weighted by atomic mass is 16.3. The monoisotopic (exact) mass is 401 g/mol. The minimum Gasteiger partial charge on any atom is -0.393 e. The van der Waals surface area contributed by atoms with Crippen LogP contribution < -0.4 is 0 Å². The zero-order chi connectivity index (χ0) is 21.0. The Morgan fingerprint density at radius 2 is 1.76 bits per heavy atom. The van der Waals surface area contributed by atoms with Gasteiger partial charge in [-0.05, 0) is 104 Å². The molecule has 0 aromatic heterocycles. The van der Waals surface area contributed by atoms with Gasteiger partial charge in [-0.1, -0.05) is 34.1 Å². The Labute approximate surface area is 178 Å². The van der Waals surface area contributed by atoms with Crippen molar-refractivity contribution in [2.75, 3.05) is 0 Å². The molecule has 0 spiro atoms. The third kappa shape index (κ3) is 3.20. The summed E-state index contributed by atoms with van der Waals surface area (Å²) in [5.74, 6) is 3.39. The van der Waals surface area contributed by atoms with E-state index in [9.17, 15) is 15.5 Å². The minimum absolute atomic E-state index is 0.170. The molecule has 4 aliphatic carbocycles. The lowest BCUT2D eigenvalue weighted by atomic mass is 9.41. The normalized spacial score (nSPS) is 52.7. The van der Waals surface area contributed by atoms with Gasteiger partial charge in [0.25, 0.3) is 0 Å². The molecule has 0 amide bonds. The van der Waals surface area contributed by atoms with E-state index in [-0.39, 0.29) is 17.4 Å². The summed E-state index contributed by atoms with van der Waals surface area (Å²) in [6, 6.07) is 2.43. The van der Waals surface area contributed by atoms with Gasteiger partial charge in [0, 0.05) is 6.42 Å². The SMILES string of the molecule is CCC[C@@]1(O)C[C@@H]2[C@H](CC[C@]3(C)[C@@H]([C@H](C)CC#N)CC[C@@H]23)[C@@]2(C)CC[C@@H](O)C[C@H]12. The molecule has 0 unspecified atom stereocenters. The smallest absolute Gasteiger partial charge is 0.0684 e. The lowest BCUT2D eigenvalue weighted by Crippen LogP contribution is -2.63. The van der Waals surface area contributed by atoms with Crippen molar-refractivity contribution in [2.24, 2.45) is 46.3 Å². The largest absolute Gasteiger partial charge is 0.393 e. The lowest BCUT2D eigenvalue weighted by molar-refractivity contribution is -0.218. The molecule has 4 saturated carbocycles. The van der Waals surface area contributed by atoms with Gasteiger partial charge >= 0.3 is 0 Å². The maximum absolute atomic E-state index is 12.0. The highest BCUT2D eigenvalue weighted by Gasteiger charge is 2.65. The van der Waals surface area contributed by atoms with E-state index in [1.165, 1.54) is 25.7 Å². The topological polar surface area (TPSA) is 64.2 Å². The van der Waals surface area contributed by atoms with E-state index >= 15 is 0 Å². The molecule has 0 aromatic rings. The quantitative estimate of drug-likeness (QED) is 0.635. The Hall–Kier alpha value is -0.590. The summed E-state index contributed by atoms with van der Waals surface area (Å²) in [7, 11) is 0. The third-order valence-corrected chi connectivity index (χ3v) is 10.7. The van der Waals surface area contributed by atoms with E-state index < -0.39 is 5.60 Å². The first-order valence-corrected chi connectivity index (χ1v) is 12.5. The molecule has 4 aliphatic rings. The number of nitriles is 1. The van der Waals surface area contributed by atoms with Gasteiger partial charge in [-0.3, -0.25) is 0 Å². The Bertz CT molecular complexity index is 658. The number of hydrogen-bond donors (Lipinski definition) is 2. The summed E-state index contributed by atoms with van der Waals surface area (Å²) in [5.41, 5.74) is -0.105. The van der Waals surface area contributed by atoms with Gasteiger partial charge in [-0.15, -0.1) is 0 Å². The number of aliphatic hydroxyl groups is 2. The molecule has 3 heteroatoms. The van der Waals surface area contributed by atoms with E-state index in [2.05, 4.69) is 33.8 Å². The fourth-order valence-corrected chi connectivity index (χ4v) is 9.50. The zero-order valence-corrected chi connectivity index (χ0v) is 19.2. The minimum atomic E-state index is -0.610. The second-order valence-electron chi connectivity index (χ2n) is 12.0. The number of aliphatic hydroxyl groups excluding tert-OH is 1. The van der Waals surface area contributed by atoms with Crippen LogP contribution >= 0.6 is 0 Å². The van der Waals surface area contributed by atoms with Crippen LogP contribution in [-0.4, -0.2) is 21.9 Å². The molecule has 10 atom stereocenters. The maximum Gasteiger partial charge on any atom is 0.0684 e. The summed E-state index contributed by atoms with van der Waals surface area (Å²) in [6.45, 7) is 9.48. The first-order chi connectivity index (χ1) is 13.7. The second kappa shape index (κ2) is 7.52. The van der Waals surface area contributed by atoms with Gasteiger partial charge < -0.3 is 10.2 Å². The van der Waals surface area contributed by atoms with Crippen LogP contribution in [0.3, 0.4) is 0 Å². The van der Waals surface area contributed by atoms with Crippen LogP contribution in [0.4, 0.5) is 0 Å². The van der Waals surface area contributed by atoms with Gasteiger partial charge in [-0.25, -0.2) is 0 Å². The third-order valence-electron chi connectivity index (χ3n) is 10.7. The predicted octanol–water partition coefficient (Wildman–Crippen LogP) is 5.70. The van der Waals surface area contributed by atoms with Gasteiger partial charge in [0.05, 0.1) is 17.8 Å². The van der Waals surface area contributed by atoms with Crippen molar-refractivity contribution in [1.82, 2.24) is 0 Å². The summed E-state index contributed by atoms with van der Waals surface area (Å²) in [5, 5.41) is 31.7. The van der Waals surface area contributed by atoms with Gasteiger partial charge in [0.2, 0.25) is 0 Å². The molecule has 0 aliphatic heterocycles. The molecule has 4 rings (SSSR count). The summed E-state index contributed by atoms with van der Waals surface area (Å²) in [6.07, 6.45) is 11.2. The molecular weight excluding hydrogens is 358 g/mol. The molecule has 29 heavy (non-hydrogen) atoms. The van der Waals surface area contributed by atoms with Crippen molar-refractivity contribution in [3.05, 3.63) is 0 Å². The van der Waals surface area contributed by atoms with Gasteiger partial charge in [-0.2, -0.15) is 5.26 Å². The average molecular weight is 402 g/mol. The van der Waals surface area contributed by atoms with Gasteiger partial charge in [0.1, 0.15) is 0 Å². The van der Waals surface area contributed by atoms with Gasteiger partial charge in [0.15, 0.2) is 0 Å². The number of rotatable bonds is 4. The molecule has 0 radical (unpaired) electrons. The maximum atomic E-state index is 12.0. The molecule has 0 aromatic carbocycles. The van der Waals surface area contributed by atoms with Crippen LogP contribution in [-0.2, 0) is 0 Å². The molecular formula is C26H43NO2. The van der Waals surface area contributed by atoms with Crippen molar-refractivity contribution in [2.45, 2.75) is 110 Å². The molecule has 3 nitrogen and oxygen atoms in total. The van der Waals surface area contributed by atoms with Crippen LogP contribution in [0.15, 0.2) is 0 Å². The highest BCUT2D eigenvalue weighted by molar-refractivity contribution is 5.15. The summed E-state index contributed by atoms with van der Waals surface area (Å²) < 4.78 is 0. The first-order valence-electron chi connectivity index (χ1n) is 12.5. The van der Waals surface area contributed by atoms with E-state index in [1.807, 2.05) is 0 Å². The molecule has 0 heterocycles. The van der Waals surface area contributed by atoms with Crippen LogP contribution in [0.5, 0.6) is 0 Å². The fraction of sp³-hybridized carbons (Fsp3) is 0.962. The lowest BCUT2D eigenvalue weighted by Gasteiger charge is -2.65. The highest BCUT2D eigenvalue weighted by Crippen LogP contribution is 2.70.